The fourth-order valence-corrected chi connectivity index (χ4v) is 1.73. The van der Waals surface area contributed by atoms with E-state index >= 15 is 0 Å². The molecule has 3 amide bonds. The zero-order valence-corrected chi connectivity index (χ0v) is 8.67. The summed E-state index contributed by atoms with van der Waals surface area (Å²) in [5, 5.41) is 2.75. The van der Waals surface area contributed by atoms with Crippen molar-refractivity contribution in [1.82, 2.24) is 10.2 Å². The van der Waals surface area contributed by atoms with Gasteiger partial charge in [0.05, 0.1) is 0 Å². The van der Waals surface area contributed by atoms with Crippen LogP contribution in [0.2, 0.25) is 0 Å². The summed E-state index contributed by atoms with van der Waals surface area (Å²) in [6, 6.07) is -0.109. The van der Waals surface area contributed by atoms with Crippen molar-refractivity contribution < 1.29 is 9.59 Å². The Morgan fingerprint density at radius 1 is 1.64 bits per heavy atom. The molecule has 1 rings (SSSR count). The van der Waals surface area contributed by atoms with E-state index in [2.05, 4.69) is 5.32 Å². The first-order valence-corrected chi connectivity index (χ1v) is 4.77. The van der Waals surface area contributed by atoms with Gasteiger partial charge in [0.15, 0.2) is 0 Å². The molecule has 5 heteroatoms. The van der Waals surface area contributed by atoms with Gasteiger partial charge in [-0.15, -0.1) is 0 Å². The number of hydrogen-bond acceptors (Lipinski definition) is 2. The third kappa shape index (κ3) is 2.37. The van der Waals surface area contributed by atoms with E-state index in [0.717, 1.165) is 6.42 Å². The number of primary amides is 1. The molecule has 0 aromatic rings. The van der Waals surface area contributed by atoms with Crippen LogP contribution in [0.5, 0.6) is 0 Å². The Bertz CT molecular complexity index is 250. The lowest BCUT2D eigenvalue weighted by Crippen LogP contribution is -2.57. The predicted octanol–water partition coefficient (Wildman–Crippen LogP) is 0.0557. The van der Waals surface area contributed by atoms with Crippen LogP contribution in [-0.4, -0.2) is 35.5 Å². The highest BCUT2D eigenvalue weighted by Gasteiger charge is 2.33. The molecule has 0 spiro atoms. The van der Waals surface area contributed by atoms with Crippen molar-refractivity contribution in [2.24, 2.45) is 5.73 Å². The standard InChI is InChI=1S/C9H17N3O2/c1-9(2,6-7(10)13)12-5-3-4-11-8(12)14/h3-6H2,1-2H3,(H2,10,13)(H,11,14). The van der Waals surface area contributed by atoms with Gasteiger partial charge >= 0.3 is 6.03 Å². The molecule has 3 N–H and O–H groups in total. The SMILES string of the molecule is CC(C)(CC(N)=O)N1CCCNC1=O. The molecule has 0 radical (unpaired) electrons. The second-order valence-electron chi connectivity index (χ2n) is 4.19. The van der Waals surface area contributed by atoms with Crippen molar-refractivity contribution in [3.63, 3.8) is 0 Å². The van der Waals surface area contributed by atoms with E-state index in [1.54, 1.807) is 4.90 Å². The highest BCUT2D eigenvalue weighted by Crippen LogP contribution is 2.20. The highest BCUT2D eigenvalue weighted by molar-refractivity contribution is 5.79. The molecule has 14 heavy (non-hydrogen) atoms. The van der Waals surface area contributed by atoms with Crippen LogP contribution in [-0.2, 0) is 4.79 Å². The van der Waals surface area contributed by atoms with E-state index in [9.17, 15) is 9.59 Å². The third-order valence-electron chi connectivity index (χ3n) is 2.42. The minimum Gasteiger partial charge on any atom is -0.370 e. The van der Waals surface area contributed by atoms with Crippen LogP contribution in [0.15, 0.2) is 0 Å². The quantitative estimate of drug-likeness (QED) is 0.674. The number of nitrogens with one attached hydrogen (secondary N) is 1. The van der Waals surface area contributed by atoms with Crippen LogP contribution in [0.4, 0.5) is 4.79 Å². The maximum Gasteiger partial charge on any atom is 0.317 e. The second-order valence-corrected chi connectivity index (χ2v) is 4.19. The summed E-state index contributed by atoms with van der Waals surface area (Å²) in [4.78, 5) is 24.0. The maximum atomic E-state index is 11.5. The van der Waals surface area contributed by atoms with Crippen LogP contribution in [0, 0.1) is 0 Å². The maximum absolute atomic E-state index is 11.5. The first-order valence-electron chi connectivity index (χ1n) is 4.77. The first kappa shape index (κ1) is 10.8. The lowest BCUT2D eigenvalue weighted by atomic mass is 9.97. The van der Waals surface area contributed by atoms with Crippen molar-refractivity contribution in [2.75, 3.05) is 13.1 Å². The van der Waals surface area contributed by atoms with Gasteiger partial charge in [-0.3, -0.25) is 4.79 Å². The Hall–Kier alpha value is -1.26. The van der Waals surface area contributed by atoms with E-state index in [1.165, 1.54) is 0 Å². The number of urea groups is 1. The zero-order chi connectivity index (χ0) is 10.8. The summed E-state index contributed by atoms with van der Waals surface area (Å²) in [6.07, 6.45) is 1.11. The Labute approximate surface area is 83.6 Å². The molecule has 0 aliphatic carbocycles. The third-order valence-corrected chi connectivity index (χ3v) is 2.42. The molecule has 1 aliphatic rings. The van der Waals surface area contributed by atoms with Crippen molar-refractivity contribution in [3.05, 3.63) is 0 Å². The van der Waals surface area contributed by atoms with Gasteiger partial charge in [0, 0.05) is 25.0 Å². The summed E-state index contributed by atoms with van der Waals surface area (Å²) in [6.45, 7) is 5.10. The molecule has 1 fully saturated rings. The lowest BCUT2D eigenvalue weighted by molar-refractivity contribution is -0.120. The molecular formula is C9H17N3O2. The van der Waals surface area contributed by atoms with Crippen LogP contribution in [0.1, 0.15) is 26.7 Å². The molecule has 1 heterocycles. The Morgan fingerprint density at radius 2 is 2.29 bits per heavy atom. The summed E-state index contributed by atoms with van der Waals surface area (Å²) in [5.41, 5.74) is 4.64. The largest absolute Gasteiger partial charge is 0.370 e. The minimum absolute atomic E-state index is 0.109. The summed E-state index contributed by atoms with van der Waals surface area (Å²) in [5.74, 6) is -0.381. The van der Waals surface area contributed by atoms with Crippen molar-refractivity contribution >= 4 is 11.9 Å². The minimum atomic E-state index is -0.490. The van der Waals surface area contributed by atoms with Crippen LogP contribution < -0.4 is 11.1 Å². The fourth-order valence-electron chi connectivity index (χ4n) is 1.73. The van der Waals surface area contributed by atoms with Gasteiger partial charge in [0.1, 0.15) is 0 Å². The smallest absolute Gasteiger partial charge is 0.317 e. The van der Waals surface area contributed by atoms with E-state index in [-0.39, 0.29) is 18.4 Å². The molecular weight excluding hydrogens is 182 g/mol. The number of carbonyl (C=O) groups excluding carboxylic acids is 2. The first-order chi connectivity index (χ1) is 6.43. The van der Waals surface area contributed by atoms with Crippen molar-refractivity contribution in [2.45, 2.75) is 32.2 Å². The zero-order valence-electron chi connectivity index (χ0n) is 8.67. The van der Waals surface area contributed by atoms with Gasteiger partial charge in [-0.1, -0.05) is 0 Å². The Morgan fingerprint density at radius 3 is 2.79 bits per heavy atom. The molecule has 0 atom stereocenters. The molecule has 5 nitrogen and oxygen atoms in total. The molecule has 0 saturated carbocycles. The van der Waals surface area contributed by atoms with Gasteiger partial charge < -0.3 is 16.0 Å². The molecule has 0 aromatic heterocycles. The Kier molecular flexibility index (Phi) is 2.98. The van der Waals surface area contributed by atoms with Gasteiger partial charge in [0.25, 0.3) is 0 Å². The molecule has 80 valence electrons. The predicted molar refractivity (Wildman–Crippen MR) is 52.6 cm³/mol. The van der Waals surface area contributed by atoms with Gasteiger partial charge in [-0.25, -0.2) is 4.79 Å². The van der Waals surface area contributed by atoms with Crippen LogP contribution in [0.3, 0.4) is 0 Å². The van der Waals surface area contributed by atoms with Gasteiger partial charge in [0.2, 0.25) is 5.91 Å². The number of nitrogens with two attached hydrogens (primary N) is 1. The van der Waals surface area contributed by atoms with E-state index in [1.807, 2.05) is 13.8 Å². The molecule has 0 aromatic carbocycles. The molecule has 0 unspecified atom stereocenters. The number of hydrogen-bond donors (Lipinski definition) is 2. The van der Waals surface area contributed by atoms with Crippen LogP contribution in [0.25, 0.3) is 0 Å². The fraction of sp³-hybridized carbons (Fsp3) is 0.778. The highest BCUT2D eigenvalue weighted by atomic mass is 16.2. The van der Waals surface area contributed by atoms with Gasteiger partial charge in [-0.2, -0.15) is 0 Å². The van der Waals surface area contributed by atoms with Crippen molar-refractivity contribution in [1.29, 1.82) is 0 Å². The second kappa shape index (κ2) is 3.86. The normalized spacial score (nSPS) is 17.9. The summed E-state index contributed by atoms with van der Waals surface area (Å²) < 4.78 is 0. The van der Waals surface area contributed by atoms with E-state index < -0.39 is 5.54 Å². The van der Waals surface area contributed by atoms with Crippen molar-refractivity contribution in [3.8, 4) is 0 Å². The van der Waals surface area contributed by atoms with E-state index in [4.69, 9.17) is 5.73 Å². The molecule has 0 bridgehead atoms. The summed E-state index contributed by atoms with van der Waals surface area (Å²) in [7, 11) is 0. The van der Waals surface area contributed by atoms with Gasteiger partial charge in [-0.05, 0) is 20.3 Å². The molecule has 1 saturated heterocycles. The number of rotatable bonds is 3. The number of carbonyl (C=O) groups is 2. The Balaban J connectivity index is 2.68. The average Bonchev–Trinajstić information content (AvgIpc) is 2.02. The molecule has 1 aliphatic heterocycles. The topological polar surface area (TPSA) is 75.4 Å². The van der Waals surface area contributed by atoms with E-state index in [0.29, 0.717) is 13.1 Å². The number of nitrogens with zero attached hydrogens (tertiary/aromatic N) is 1. The average molecular weight is 199 g/mol. The van der Waals surface area contributed by atoms with Crippen LogP contribution >= 0.6 is 0 Å². The lowest BCUT2D eigenvalue weighted by Gasteiger charge is -2.40. The number of amides is 3. The monoisotopic (exact) mass is 199 g/mol. The summed E-state index contributed by atoms with van der Waals surface area (Å²) >= 11 is 0.